The van der Waals surface area contributed by atoms with E-state index in [1.54, 1.807) is 12.1 Å². The molecule has 6 heteroatoms. The summed E-state index contributed by atoms with van der Waals surface area (Å²) in [5.74, 6) is -0.0634. The predicted octanol–water partition coefficient (Wildman–Crippen LogP) is 2.52. The van der Waals surface area contributed by atoms with Gasteiger partial charge in [0.1, 0.15) is 5.75 Å². The van der Waals surface area contributed by atoms with Crippen LogP contribution in [-0.2, 0) is 10.1 Å². The standard InChI is InChI=1S/C12H15FO4S/c13-12-10(6-3-4-8-18(14,15)16)9-5-1-2-7-11(9)17-12/h1-2,5,7,10,12H,3-4,6,8H2,(H,14,15,16). The predicted molar refractivity (Wildman–Crippen MR) is 65.0 cm³/mol. The highest BCUT2D eigenvalue weighted by Gasteiger charge is 2.33. The van der Waals surface area contributed by atoms with E-state index in [2.05, 4.69) is 0 Å². The molecule has 2 unspecified atom stereocenters. The second-order valence-corrected chi connectivity index (χ2v) is 5.97. The lowest BCUT2D eigenvalue weighted by atomic mass is 9.95. The van der Waals surface area contributed by atoms with Gasteiger partial charge in [-0.25, -0.2) is 4.39 Å². The Morgan fingerprint density at radius 2 is 2.00 bits per heavy atom. The molecule has 0 saturated carbocycles. The summed E-state index contributed by atoms with van der Waals surface area (Å²) in [5.41, 5.74) is 0.830. The Labute approximate surface area is 106 Å². The van der Waals surface area contributed by atoms with Crippen molar-refractivity contribution in [2.45, 2.75) is 31.5 Å². The van der Waals surface area contributed by atoms with Crippen LogP contribution in [0.1, 0.15) is 30.7 Å². The molecule has 1 aliphatic heterocycles. The number of rotatable bonds is 5. The number of para-hydroxylation sites is 1. The number of fused-ring (bicyclic) bond motifs is 1. The molecule has 0 saturated heterocycles. The van der Waals surface area contributed by atoms with Crippen molar-refractivity contribution in [2.75, 3.05) is 5.75 Å². The Balaban J connectivity index is 1.90. The zero-order valence-electron chi connectivity index (χ0n) is 9.75. The maximum Gasteiger partial charge on any atom is 0.264 e. The van der Waals surface area contributed by atoms with Crippen LogP contribution < -0.4 is 4.74 Å². The third-order valence-corrected chi connectivity index (χ3v) is 3.85. The summed E-state index contributed by atoms with van der Waals surface area (Å²) in [7, 11) is -3.92. The van der Waals surface area contributed by atoms with Gasteiger partial charge in [0.05, 0.1) is 11.7 Å². The summed E-state index contributed by atoms with van der Waals surface area (Å²) in [4.78, 5) is 0. The first kappa shape index (κ1) is 13.3. The molecule has 0 amide bonds. The quantitative estimate of drug-likeness (QED) is 0.662. The second-order valence-electron chi connectivity index (χ2n) is 4.40. The van der Waals surface area contributed by atoms with E-state index < -0.39 is 16.5 Å². The van der Waals surface area contributed by atoms with Crippen molar-refractivity contribution in [2.24, 2.45) is 0 Å². The minimum absolute atomic E-state index is 0.279. The number of hydrogen-bond acceptors (Lipinski definition) is 3. The number of alkyl halides is 1. The lowest BCUT2D eigenvalue weighted by Gasteiger charge is -2.11. The number of unbranched alkanes of at least 4 members (excludes halogenated alkanes) is 1. The molecule has 18 heavy (non-hydrogen) atoms. The molecule has 0 aromatic heterocycles. The molecule has 1 aromatic carbocycles. The van der Waals surface area contributed by atoms with Crippen LogP contribution in [0.2, 0.25) is 0 Å². The maximum atomic E-state index is 13.7. The molecule has 0 fully saturated rings. The molecule has 1 aromatic rings. The van der Waals surface area contributed by atoms with Gasteiger partial charge in [-0.2, -0.15) is 8.42 Å². The third kappa shape index (κ3) is 3.20. The maximum absolute atomic E-state index is 13.7. The van der Waals surface area contributed by atoms with Gasteiger partial charge in [0.25, 0.3) is 10.1 Å². The van der Waals surface area contributed by atoms with Crippen LogP contribution in [0.15, 0.2) is 24.3 Å². The van der Waals surface area contributed by atoms with E-state index in [1.807, 2.05) is 12.1 Å². The van der Waals surface area contributed by atoms with Crippen LogP contribution >= 0.6 is 0 Å². The van der Waals surface area contributed by atoms with Gasteiger partial charge in [-0.3, -0.25) is 4.55 Å². The van der Waals surface area contributed by atoms with E-state index in [0.29, 0.717) is 25.0 Å². The van der Waals surface area contributed by atoms with Crippen LogP contribution in [0, 0.1) is 0 Å². The number of benzene rings is 1. The molecule has 1 aliphatic rings. The molecular formula is C12H15FO4S. The molecular weight excluding hydrogens is 259 g/mol. The fourth-order valence-corrected chi connectivity index (χ4v) is 2.74. The van der Waals surface area contributed by atoms with E-state index in [4.69, 9.17) is 9.29 Å². The number of halogens is 1. The van der Waals surface area contributed by atoms with Gasteiger partial charge >= 0.3 is 0 Å². The summed E-state index contributed by atoms with van der Waals surface area (Å²) < 4.78 is 48.4. The van der Waals surface area contributed by atoms with Gasteiger partial charge in [0.15, 0.2) is 0 Å². The average Bonchev–Trinajstić information content (AvgIpc) is 2.59. The van der Waals surface area contributed by atoms with Gasteiger partial charge in [-0.05, 0) is 18.9 Å². The van der Waals surface area contributed by atoms with E-state index in [0.717, 1.165) is 5.56 Å². The van der Waals surface area contributed by atoms with Crippen molar-refractivity contribution in [3.8, 4) is 5.75 Å². The van der Waals surface area contributed by atoms with Crippen molar-refractivity contribution in [1.29, 1.82) is 0 Å². The van der Waals surface area contributed by atoms with Crippen molar-refractivity contribution in [1.82, 2.24) is 0 Å². The molecule has 0 aliphatic carbocycles. The smallest absolute Gasteiger partial charge is 0.264 e. The minimum atomic E-state index is -3.92. The summed E-state index contributed by atoms with van der Waals surface area (Å²) in [5, 5.41) is 0. The highest BCUT2D eigenvalue weighted by atomic mass is 32.2. The molecule has 0 spiro atoms. The van der Waals surface area contributed by atoms with Gasteiger partial charge in [0, 0.05) is 5.56 Å². The molecule has 100 valence electrons. The van der Waals surface area contributed by atoms with Crippen LogP contribution in [0.3, 0.4) is 0 Å². The zero-order valence-corrected chi connectivity index (χ0v) is 10.6. The van der Waals surface area contributed by atoms with Crippen LogP contribution in [-0.4, -0.2) is 25.1 Å². The van der Waals surface area contributed by atoms with Gasteiger partial charge < -0.3 is 4.74 Å². The van der Waals surface area contributed by atoms with Crippen molar-refractivity contribution >= 4 is 10.1 Å². The van der Waals surface area contributed by atoms with Crippen LogP contribution in [0.4, 0.5) is 4.39 Å². The Morgan fingerprint density at radius 1 is 1.28 bits per heavy atom. The first-order valence-corrected chi connectivity index (χ1v) is 7.43. The minimum Gasteiger partial charge on any atom is -0.459 e. The lowest BCUT2D eigenvalue weighted by molar-refractivity contribution is 0.0637. The number of ether oxygens (including phenoxy) is 1. The molecule has 2 atom stereocenters. The highest BCUT2D eigenvalue weighted by Crippen LogP contribution is 2.41. The average molecular weight is 274 g/mol. The van der Waals surface area contributed by atoms with Crippen molar-refractivity contribution in [3.63, 3.8) is 0 Å². The number of hydrogen-bond donors (Lipinski definition) is 1. The Kier molecular flexibility index (Phi) is 3.87. The second kappa shape index (κ2) is 5.24. The molecule has 0 radical (unpaired) electrons. The summed E-state index contributed by atoms with van der Waals surface area (Å²) in [6, 6.07) is 7.15. The van der Waals surface area contributed by atoms with Crippen LogP contribution in [0.25, 0.3) is 0 Å². The molecule has 0 bridgehead atoms. The Bertz CT molecular complexity index is 515. The monoisotopic (exact) mass is 274 g/mol. The van der Waals surface area contributed by atoms with E-state index in [1.165, 1.54) is 0 Å². The molecule has 4 nitrogen and oxygen atoms in total. The normalized spacial score (nSPS) is 22.6. The summed E-state index contributed by atoms with van der Waals surface area (Å²) in [6.07, 6.45) is -0.00587. The summed E-state index contributed by atoms with van der Waals surface area (Å²) in [6.45, 7) is 0. The van der Waals surface area contributed by atoms with Gasteiger partial charge in [0.2, 0.25) is 6.36 Å². The third-order valence-electron chi connectivity index (χ3n) is 3.04. The first-order valence-electron chi connectivity index (χ1n) is 5.82. The van der Waals surface area contributed by atoms with E-state index in [-0.39, 0.29) is 11.7 Å². The lowest BCUT2D eigenvalue weighted by Crippen LogP contribution is -2.13. The largest absolute Gasteiger partial charge is 0.459 e. The van der Waals surface area contributed by atoms with Gasteiger partial charge in [-0.15, -0.1) is 0 Å². The Hall–Kier alpha value is -1.14. The van der Waals surface area contributed by atoms with E-state index >= 15 is 0 Å². The highest BCUT2D eigenvalue weighted by molar-refractivity contribution is 7.85. The molecule has 1 heterocycles. The molecule has 2 rings (SSSR count). The van der Waals surface area contributed by atoms with E-state index in [9.17, 15) is 12.8 Å². The zero-order chi connectivity index (χ0) is 13.2. The fraction of sp³-hybridized carbons (Fsp3) is 0.500. The Morgan fingerprint density at radius 3 is 2.72 bits per heavy atom. The fourth-order valence-electron chi connectivity index (χ4n) is 2.17. The SMILES string of the molecule is O=S(=O)(O)CCCCC1c2ccccc2OC1F. The van der Waals surface area contributed by atoms with Crippen LogP contribution in [0.5, 0.6) is 5.75 Å². The summed E-state index contributed by atoms with van der Waals surface area (Å²) >= 11 is 0. The molecule has 1 N–H and O–H groups in total. The topological polar surface area (TPSA) is 63.6 Å². The first-order chi connectivity index (χ1) is 8.47. The van der Waals surface area contributed by atoms with Crippen molar-refractivity contribution < 1.29 is 22.1 Å². The van der Waals surface area contributed by atoms with Gasteiger partial charge in [-0.1, -0.05) is 24.6 Å². The van der Waals surface area contributed by atoms with Crippen molar-refractivity contribution in [3.05, 3.63) is 29.8 Å².